The van der Waals surface area contributed by atoms with E-state index in [1.165, 1.54) is 12.1 Å². The molecule has 16 heavy (non-hydrogen) atoms. The molecule has 1 atom stereocenters. The average Bonchev–Trinajstić information content (AvgIpc) is 2.15. The molecule has 0 spiro atoms. The average molecular weight is 265 g/mol. The van der Waals surface area contributed by atoms with Gasteiger partial charge in [-0.15, -0.1) is 0 Å². The molecular weight excluding hydrogens is 255 g/mol. The summed E-state index contributed by atoms with van der Waals surface area (Å²) in [5, 5.41) is 0. The molecule has 0 aromatic heterocycles. The third kappa shape index (κ3) is 4.03. The van der Waals surface area contributed by atoms with Crippen LogP contribution in [0.5, 0.6) is 0 Å². The lowest BCUT2D eigenvalue weighted by Crippen LogP contribution is -2.12. The van der Waals surface area contributed by atoms with Crippen molar-refractivity contribution in [2.45, 2.75) is 11.8 Å². The second kappa shape index (κ2) is 4.65. The molecule has 90 valence electrons. The molecule has 0 amide bonds. The maximum absolute atomic E-state index is 11.4. The van der Waals surface area contributed by atoms with Gasteiger partial charge < -0.3 is 14.4 Å². The van der Waals surface area contributed by atoms with E-state index in [1.807, 2.05) is 0 Å². The Morgan fingerprint density at radius 3 is 2.31 bits per heavy atom. The van der Waals surface area contributed by atoms with Crippen molar-refractivity contribution in [1.29, 1.82) is 0 Å². The molecule has 8 heteroatoms. The maximum atomic E-state index is 11.4. The van der Waals surface area contributed by atoms with Crippen LogP contribution in [-0.4, -0.2) is 19.7 Å². The highest BCUT2D eigenvalue weighted by Crippen LogP contribution is 2.30. The third-order valence-corrected chi connectivity index (χ3v) is 3.59. The SMILES string of the molecule is Cc1ccc(S(=O)(=O)OCP(=O)([O-])O)cc1. The third-order valence-electron chi connectivity index (χ3n) is 1.68. The van der Waals surface area contributed by atoms with Crippen LogP contribution in [0.2, 0.25) is 0 Å². The minimum atomic E-state index is -4.74. The largest absolute Gasteiger partial charge is 0.777 e. The highest BCUT2D eigenvalue weighted by molar-refractivity contribution is 7.87. The number of hydrogen-bond donors (Lipinski definition) is 1. The van der Waals surface area contributed by atoms with E-state index >= 15 is 0 Å². The fourth-order valence-electron chi connectivity index (χ4n) is 0.909. The molecule has 6 nitrogen and oxygen atoms in total. The standard InChI is InChI=1S/C8H11O6PS/c1-7-2-4-8(5-3-7)16(12,13)14-6-15(9,10)11/h2-5H,6H2,1H3,(H2,9,10,11)/p-1. The summed E-state index contributed by atoms with van der Waals surface area (Å²) in [7, 11) is -8.89. The van der Waals surface area contributed by atoms with Crippen LogP contribution in [0.4, 0.5) is 0 Å². The van der Waals surface area contributed by atoms with Crippen molar-refractivity contribution in [3.8, 4) is 0 Å². The van der Waals surface area contributed by atoms with Crippen LogP contribution in [0.1, 0.15) is 5.56 Å². The Kier molecular flexibility index (Phi) is 3.88. The Hall–Kier alpha value is -0.720. The predicted octanol–water partition coefficient (Wildman–Crippen LogP) is 0.204. The fraction of sp³-hybridized carbons (Fsp3) is 0.250. The summed E-state index contributed by atoms with van der Waals surface area (Å²) >= 11 is 0. The van der Waals surface area contributed by atoms with Crippen molar-refractivity contribution in [3.05, 3.63) is 29.8 Å². The summed E-state index contributed by atoms with van der Waals surface area (Å²) in [6.07, 6.45) is -1.26. The molecule has 1 aromatic rings. The van der Waals surface area contributed by atoms with Crippen LogP contribution < -0.4 is 4.89 Å². The van der Waals surface area contributed by atoms with Crippen LogP contribution in [0.15, 0.2) is 29.2 Å². The van der Waals surface area contributed by atoms with Gasteiger partial charge in [-0.25, -0.2) is 0 Å². The van der Waals surface area contributed by atoms with Gasteiger partial charge in [-0.1, -0.05) is 17.7 Å². The summed E-state index contributed by atoms with van der Waals surface area (Å²) < 4.78 is 37.3. The Morgan fingerprint density at radius 1 is 1.38 bits per heavy atom. The van der Waals surface area contributed by atoms with Crippen LogP contribution >= 0.6 is 7.60 Å². The van der Waals surface area contributed by atoms with E-state index in [2.05, 4.69) is 4.18 Å². The van der Waals surface area contributed by atoms with Crippen LogP contribution in [-0.2, 0) is 18.9 Å². The first-order chi connectivity index (χ1) is 7.21. The molecule has 0 aliphatic heterocycles. The second-order valence-electron chi connectivity index (χ2n) is 3.15. The van der Waals surface area contributed by atoms with E-state index in [4.69, 9.17) is 4.89 Å². The highest BCUT2D eigenvalue weighted by atomic mass is 32.2. The van der Waals surface area contributed by atoms with Crippen molar-refractivity contribution in [1.82, 2.24) is 0 Å². The second-order valence-corrected chi connectivity index (χ2v) is 6.30. The van der Waals surface area contributed by atoms with E-state index in [0.717, 1.165) is 5.56 Å². The quantitative estimate of drug-likeness (QED) is 0.616. The predicted molar refractivity (Wildman–Crippen MR) is 54.1 cm³/mol. The molecule has 0 saturated heterocycles. The van der Waals surface area contributed by atoms with Crippen LogP contribution in [0.3, 0.4) is 0 Å². The molecular formula is C8H10O6PS-. The van der Waals surface area contributed by atoms with E-state index in [1.54, 1.807) is 19.1 Å². The molecule has 0 fully saturated rings. The minimum Gasteiger partial charge on any atom is -0.777 e. The zero-order chi connectivity index (χ0) is 12.4. The van der Waals surface area contributed by atoms with Crippen LogP contribution in [0, 0.1) is 6.92 Å². The van der Waals surface area contributed by atoms with Gasteiger partial charge in [0.1, 0.15) is 6.35 Å². The van der Waals surface area contributed by atoms with Gasteiger partial charge in [-0.2, -0.15) is 8.42 Å². The maximum Gasteiger partial charge on any atom is 0.297 e. The topological polar surface area (TPSA) is 104 Å². The zero-order valence-electron chi connectivity index (χ0n) is 8.36. The van der Waals surface area contributed by atoms with Gasteiger partial charge in [0.05, 0.1) is 4.90 Å². The van der Waals surface area contributed by atoms with Gasteiger partial charge in [0.2, 0.25) is 0 Å². The number of aryl methyl sites for hydroxylation is 1. The van der Waals surface area contributed by atoms with Crippen molar-refractivity contribution >= 4 is 17.7 Å². The van der Waals surface area contributed by atoms with E-state index in [9.17, 15) is 17.9 Å². The Labute approximate surface area is 93.2 Å². The van der Waals surface area contributed by atoms with Gasteiger partial charge in [0.25, 0.3) is 10.1 Å². The zero-order valence-corrected chi connectivity index (χ0v) is 10.1. The van der Waals surface area contributed by atoms with E-state index < -0.39 is 24.1 Å². The first-order valence-corrected chi connectivity index (χ1v) is 7.37. The Morgan fingerprint density at radius 2 is 1.88 bits per heavy atom. The van der Waals surface area contributed by atoms with Gasteiger partial charge in [0, 0.05) is 0 Å². The lowest BCUT2D eigenvalue weighted by atomic mass is 10.2. The molecule has 0 bridgehead atoms. The smallest absolute Gasteiger partial charge is 0.297 e. The Bertz CT molecular complexity index is 500. The summed E-state index contributed by atoms with van der Waals surface area (Å²) in [5.41, 5.74) is 0.857. The molecule has 1 unspecified atom stereocenters. The Balaban J connectivity index is 2.87. The van der Waals surface area contributed by atoms with Gasteiger partial charge in [-0.3, -0.25) is 4.18 Å². The molecule has 0 saturated carbocycles. The van der Waals surface area contributed by atoms with Gasteiger partial charge in [-0.05, 0) is 19.1 Å². The fourth-order valence-corrected chi connectivity index (χ4v) is 2.60. The first kappa shape index (κ1) is 13.3. The van der Waals surface area contributed by atoms with Crippen molar-refractivity contribution < 1.29 is 27.0 Å². The molecule has 0 aliphatic rings. The summed E-state index contributed by atoms with van der Waals surface area (Å²) in [4.78, 5) is 18.6. The molecule has 1 aromatic carbocycles. The lowest BCUT2D eigenvalue weighted by Gasteiger charge is -2.15. The van der Waals surface area contributed by atoms with Crippen molar-refractivity contribution in [3.63, 3.8) is 0 Å². The molecule has 0 radical (unpaired) electrons. The summed E-state index contributed by atoms with van der Waals surface area (Å²) in [5.74, 6) is 0. The van der Waals surface area contributed by atoms with E-state index in [0.29, 0.717) is 0 Å². The molecule has 1 rings (SSSR count). The number of hydrogen-bond acceptors (Lipinski definition) is 5. The van der Waals surface area contributed by atoms with Crippen molar-refractivity contribution in [2.75, 3.05) is 6.35 Å². The minimum absolute atomic E-state index is 0.161. The molecule has 0 heterocycles. The first-order valence-electron chi connectivity index (χ1n) is 4.20. The van der Waals surface area contributed by atoms with Gasteiger partial charge in [0.15, 0.2) is 7.60 Å². The van der Waals surface area contributed by atoms with Gasteiger partial charge >= 0.3 is 0 Å². The van der Waals surface area contributed by atoms with E-state index in [-0.39, 0.29) is 4.90 Å². The van der Waals surface area contributed by atoms with Crippen LogP contribution in [0.25, 0.3) is 0 Å². The number of rotatable bonds is 4. The monoisotopic (exact) mass is 265 g/mol. The van der Waals surface area contributed by atoms with Crippen molar-refractivity contribution in [2.24, 2.45) is 0 Å². The molecule has 0 aliphatic carbocycles. The highest BCUT2D eigenvalue weighted by Gasteiger charge is 2.17. The summed E-state index contributed by atoms with van der Waals surface area (Å²) in [6, 6.07) is 5.67. The number of benzene rings is 1. The summed E-state index contributed by atoms with van der Waals surface area (Å²) in [6.45, 7) is 1.77. The lowest BCUT2D eigenvalue weighted by molar-refractivity contribution is -0.196. The molecule has 1 N–H and O–H groups in total. The normalized spacial score (nSPS) is 15.7.